The van der Waals surface area contributed by atoms with Crippen molar-refractivity contribution in [1.82, 2.24) is 20.4 Å². The molecule has 1 fully saturated rings. The molecule has 0 aromatic carbocycles. The number of rotatable bonds is 3. The van der Waals surface area contributed by atoms with Gasteiger partial charge in [-0.2, -0.15) is 5.10 Å². The second-order valence-corrected chi connectivity index (χ2v) is 4.19. The van der Waals surface area contributed by atoms with E-state index >= 15 is 0 Å². The van der Waals surface area contributed by atoms with Crippen LogP contribution in [0, 0.1) is 0 Å². The Morgan fingerprint density at radius 2 is 2.50 bits per heavy atom. The van der Waals surface area contributed by atoms with Crippen molar-refractivity contribution < 1.29 is 4.79 Å². The van der Waals surface area contributed by atoms with Crippen molar-refractivity contribution in [3.8, 4) is 0 Å². The lowest BCUT2D eigenvalue weighted by Crippen LogP contribution is -2.38. The summed E-state index contributed by atoms with van der Waals surface area (Å²) >= 11 is 0. The molecule has 0 spiro atoms. The van der Waals surface area contributed by atoms with E-state index < -0.39 is 0 Å². The number of nitrogens with one attached hydrogen (secondary N) is 2. The minimum absolute atomic E-state index is 0.00431. The van der Waals surface area contributed by atoms with E-state index in [1.165, 1.54) is 0 Å². The molecule has 16 heavy (non-hydrogen) atoms. The number of aromatic nitrogens is 2. The highest BCUT2D eigenvalue weighted by atomic mass is 16.2. The van der Waals surface area contributed by atoms with E-state index in [4.69, 9.17) is 0 Å². The van der Waals surface area contributed by atoms with Crippen molar-refractivity contribution in [1.29, 1.82) is 0 Å². The Morgan fingerprint density at radius 1 is 1.69 bits per heavy atom. The van der Waals surface area contributed by atoms with Gasteiger partial charge in [-0.3, -0.25) is 9.89 Å². The third-order valence-electron chi connectivity index (χ3n) is 3.13. The first kappa shape index (κ1) is 11.1. The highest BCUT2D eigenvalue weighted by Crippen LogP contribution is 2.10. The summed E-state index contributed by atoms with van der Waals surface area (Å²) in [6.45, 7) is 3.91. The molecule has 0 radical (unpaired) electrons. The van der Waals surface area contributed by atoms with E-state index in [0.29, 0.717) is 11.7 Å². The number of hydrogen-bond acceptors (Lipinski definition) is 3. The van der Waals surface area contributed by atoms with Crippen LogP contribution in [-0.4, -0.2) is 47.2 Å². The molecule has 1 aliphatic heterocycles. The molecule has 0 bridgehead atoms. The molecule has 2 rings (SSSR count). The molecule has 5 nitrogen and oxygen atoms in total. The molecular weight excluding hydrogens is 204 g/mol. The normalized spacial score (nSPS) is 20.0. The second kappa shape index (κ2) is 4.65. The monoisotopic (exact) mass is 222 g/mol. The fourth-order valence-electron chi connectivity index (χ4n) is 1.97. The van der Waals surface area contributed by atoms with Crippen LogP contribution in [0.1, 0.15) is 29.5 Å². The summed E-state index contributed by atoms with van der Waals surface area (Å²) in [6.07, 6.45) is 1.89. The fraction of sp³-hybridized carbons (Fsp3) is 0.636. The fourth-order valence-corrected chi connectivity index (χ4v) is 1.97. The van der Waals surface area contributed by atoms with Crippen molar-refractivity contribution in [2.24, 2.45) is 0 Å². The Morgan fingerprint density at radius 3 is 3.06 bits per heavy atom. The molecule has 2 heterocycles. The van der Waals surface area contributed by atoms with Gasteiger partial charge < -0.3 is 10.2 Å². The van der Waals surface area contributed by atoms with Crippen molar-refractivity contribution in [3.63, 3.8) is 0 Å². The average molecular weight is 222 g/mol. The molecule has 2 N–H and O–H groups in total. The van der Waals surface area contributed by atoms with Gasteiger partial charge >= 0.3 is 0 Å². The zero-order valence-electron chi connectivity index (χ0n) is 9.79. The first-order chi connectivity index (χ1) is 7.72. The van der Waals surface area contributed by atoms with Crippen LogP contribution in [0.3, 0.4) is 0 Å². The predicted octanol–water partition coefficient (Wildman–Crippen LogP) is 0.406. The predicted molar refractivity (Wildman–Crippen MR) is 61.3 cm³/mol. The van der Waals surface area contributed by atoms with Crippen molar-refractivity contribution >= 4 is 5.91 Å². The third-order valence-corrected chi connectivity index (χ3v) is 3.13. The first-order valence-electron chi connectivity index (χ1n) is 5.74. The van der Waals surface area contributed by atoms with Gasteiger partial charge in [0.25, 0.3) is 5.91 Å². The lowest BCUT2D eigenvalue weighted by Gasteiger charge is -2.22. The van der Waals surface area contributed by atoms with E-state index in [9.17, 15) is 4.79 Å². The molecule has 1 saturated heterocycles. The average Bonchev–Trinajstić information content (AvgIpc) is 2.97. The molecule has 1 atom stereocenters. The van der Waals surface area contributed by atoms with Crippen LogP contribution in [0.4, 0.5) is 0 Å². The number of aromatic amines is 1. The molecule has 5 heteroatoms. The van der Waals surface area contributed by atoms with E-state index in [-0.39, 0.29) is 5.91 Å². The van der Waals surface area contributed by atoms with Gasteiger partial charge in [-0.05, 0) is 25.5 Å². The second-order valence-electron chi connectivity index (χ2n) is 4.19. The molecule has 1 aliphatic rings. The van der Waals surface area contributed by atoms with Crippen molar-refractivity contribution in [3.05, 3.63) is 17.5 Å². The summed E-state index contributed by atoms with van der Waals surface area (Å²) in [4.78, 5) is 13.9. The quantitative estimate of drug-likeness (QED) is 0.778. The Bertz CT molecular complexity index is 368. The van der Waals surface area contributed by atoms with E-state index in [1.807, 2.05) is 20.0 Å². The molecule has 1 unspecified atom stereocenters. The first-order valence-corrected chi connectivity index (χ1v) is 5.74. The zero-order valence-corrected chi connectivity index (χ0v) is 9.79. The van der Waals surface area contributed by atoms with Crippen LogP contribution < -0.4 is 5.32 Å². The summed E-state index contributed by atoms with van der Waals surface area (Å²) in [5, 5.41) is 10.2. The maximum absolute atomic E-state index is 12.1. The van der Waals surface area contributed by atoms with Gasteiger partial charge in [0.05, 0.1) is 0 Å². The lowest BCUT2D eigenvalue weighted by molar-refractivity contribution is 0.0738. The maximum atomic E-state index is 12.1. The number of aryl methyl sites for hydroxylation is 1. The minimum Gasteiger partial charge on any atom is -0.336 e. The lowest BCUT2D eigenvalue weighted by atomic mass is 10.2. The Hall–Kier alpha value is -1.36. The van der Waals surface area contributed by atoms with Crippen LogP contribution in [0.5, 0.6) is 0 Å². The SMILES string of the molecule is CCc1cc(C(=O)N(C)C2CCNC2)n[nH]1. The minimum atomic E-state index is 0.00431. The Kier molecular flexibility index (Phi) is 3.24. The van der Waals surface area contributed by atoms with Crippen molar-refractivity contribution in [2.75, 3.05) is 20.1 Å². The standard InChI is InChI=1S/C11H18N4O/c1-3-8-6-10(14-13-8)11(16)15(2)9-4-5-12-7-9/h6,9,12H,3-5,7H2,1-2H3,(H,13,14). The zero-order chi connectivity index (χ0) is 11.5. The van der Waals surface area contributed by atoms with E-state index in [1.54, 1.807) is 4.90 Å². The molecular formula is C11H18N4O. The maximum Gasteiger partial charge on any atom is 0.274 e. The highest BCUT2D eigenvalue weighted by Gasteiger charge is 2.25. The van der Waals surface area contributed by atoms with Crippen LogP contribution in [-0.2, 0) is 6.42 Å². The molecule has 0 aliphatic carbocycles. The molecule has 0 saturated carbocycles. The summed E-state index contributed by atoms with van der Waals surface area (Å²) in [5.41, 5.74) is 1.52. The number of hydrogen-bond donors (Lipinski definition) is 2. The van der Waals surface area contributed by atoms with Gasteiger partial charge in [0.1, 0.15) is 5.69 Å². The van der Waals surface area contributed by atoms with E-state index in [2.05, 4.69) is 15.5 Å². The molecule has 1 amide bonds. The smallest absolute Gasteiger partial charge is 0.274 e. The summed E-state index contributed by atoms with van der Waals surface area (Å²) in [6, 6.07) is 2.13. The number of amides is 1. The number of likely N-dealkylation sites (N-methyl/N-ethyl adjacent to an activating group) is 1. The van der Waals surface area contributed by atoms with Gasteiger partial charge in [-0.15, -0.1) is 0 Å². The van der Waals surface area contributed by atoms with Gasteiger partial charge in [0, 0.05) is 25.3 Å². The molecule has 88 valence electrons. The van der Waals surface area contributed by atoms with Crippen LogP contribution in [0.2, 0.25) is 0 Å². The third kappa shape index (κ3) is 2.09. The van der Waals surface area contributed by atoms with Gasteiger partial charge in [0.15, 0.2) is 0 Å². The number of carbonyl (C=O) groups excluding carboxylic acids is 1. The summed E-state index contributed by atoms with van der Waals surface area (Å²) < 4.78 is 0. The van der Waals surface area contributed by atoms with Gasteiger partial charge in [0.2, 0.25) is 0 Å². The molecule has 1 aromatic rings. The topological polar surface area (TPSA) is 61.0 Å². The number of H-pyrrole nitrogens is 1. The summed E-state index contributed by atoms with van der Waals surface area (Å²) in [7, 11) is 1.85. The Balaban J connectivity index is 2.05. The summed E-state index contributed by atoms with van der Waals surface area (Å²) in [5.74, 6) is 0.00431. The van der Waals surface area contributed by atoms with Gasteiger partial charge in [-0.25, -0.2) is 0 Å². The highest BCUT2D eigenvalue weighted by molar-refractivity contribution is 5.92. The van der Waals surface area contributed by atoms with Gasteiger partial charge in [-0.1, -0.05) is 6.92 Å². The van der Waals surface area contributed by atoms with Crippen LogP contribution in [0.25, 0.3) is 0 Å². The number of carbonyl (C=O) groups is 1. The Labute approximate surface area is 95.2 Å². The van der Waals surface area contributed by atoms with E-state index in [0.717, 1.165) is 31.6 Å². The largest absolute Gasteiger partial charge is 0.336 e. The van der Waals surface area contributed by atoms with Crippen molar-refractivity contribution in [2.45, 2.75) is 25.8 Å². The molecule has 1 aromatic heterocycles. The van der Waals surface area contributed by atoms with Crippen LogP contribution in [0.15, 0.2) is 6.07 Å². The number of nitrogens with zero attached hydrogens (tertiary/aromatic N) is 2. The van der Waals surface area contributed by atoms with Crippen LogP contribution >= 0.6 is 0 Å².